The number of alkyl halides is 3. The highest BCUT2D eigenvalue weighted by molar-refractivity contribution is 6.01. The minimum absolute atomic E-state index is 0.309. The number of rotatable bonds is 3. The number of carboxylic acid groups (broad SMARTS) is 1. The number of hydrogen-bond donors (Lipinski definition) is 2. The average Bonchev–Trinajstić information content (AvgIpc) is 2.33. The third kappa shape index (κ3) is 2.84. The SMILES string of the molecule is O=C1CN(CC(C(=O)O)C(F)(F)F)c2ccccc2N1. The fraction of sp³-hybridized carbons (Fsp3) is 0.333. The van der Waals surface area contributed by atoms with Crippen LogP contribution in [0.4, 0.5) is 24.5 Å². The molecule has 1 unspecified atom stereocenters. The molecule has 20 heavy (non-hydrogen) atoms. The second kappa shape index (κ2) is 5.03. The smallest absolute Gasteiger partial charge is 0.403 e. The Morgan fingerprint density at radius 1 is 1.40 bits per heavy atom. The summed E-state index contributed by atoms with van der Waals surface area (Å²) < 4.78 is 38.1. The predicted octanol–water partition coefficient (Wildman–Crippen LogP) is 1.71. The quantitative estimate of drug-likeness (QED) is 0.888. The van der Waals surface area contributed by atoms with Gasteiger partial charge in [-0.1, -0.05) is 12.1 Å². The molecular formula is C12H11F3N2O3. The number of carbonyl (C=O) groups is 2. The predicted molar refractivity (Wildman–Crippen MR) is 64.5 cm³/mol. The summed E-state index contributed by atoms with van der Waals surface area (Å²) in [4.78, 5) is 23.3. The molecule has 1 aromatic carbocycles. The normalized spacial score (nSPS) is 16.4. The summed E-state index contributed by atoms with van der Waals surface area (Å²) in [6.07, 6.45) is -4.87. The van der Waals surface area contributed by atoms with E-state index >= 15 is 0 Å². The number of halogens is 3. The van der Waals surface area contributed by atoms with Gasteiger partial charge in [-0.2, -0.15) is 13.2 Å². The van der Waals surface area contributed by atoms with E-state index in [4.69, 9.17) is 5.11 Å². The van der Waals surface area contributed by atoms with Gasteiger partial charge in [0.25, 0.3) is 0 Å². The highest BCUT2D eigenvalue weighted by Crippen LogP contribution is 2.33. The molecule has 1 heterocycles. The van der Waals surface area contributed by atoms with Crippen molar-refractivity contribution in [3.05, 3.63) is 24.3 Å². The van der Waals surface area contributed by atoms with E-state index in [-0.39, 0.29) is 6.54 Å². The summed E-state index contributed by atoms with van der Waals surface area (Å²) >= 11 is 0. The van der Waals surface area contributed by atoms with E-state index in [0.717, 1.165) is 4.90 Å². The first kappa shape index (κ1) is 14.2. The highest BCUT2D eigenvalue weighted by Gasteiger charge is 2.46. The van der Waals surface area contributed by atoms with E-state index in [2.05, 4.69) is 5.32 Å². The van der Waals surface area contributed by atoms with Crippen molar-refractivity contribution in [1.82, 2.24) is 0 Å². The number of hydrogen-bond acceptors (Lipinski definition) is 3. The zero-order valence-corrected chi connectivity index (χ0v) is 10.1. The van der Waals surface area contributed by atoms with Crippen molar-refractivity contribution in [3.8, 4) is 0 Å². The van der Waals surface area contributed by atoms with Crippen molar-refractivity contribution >= 4 is 23.3 Å². The molecule has 0 saturated carbocycles. The fourth-order valence-corrected chi connectivity index (χ4v) is 2.01. The molecule has 1 amide bonds. The molecule has 2 N–H and O–H groups in total. The standard InChI is InChI=1S/C12H11F3N2O3/c13-12(14,15)7(11(19)20)5-17-6-10(18)16-8-3-1-2-4-9(8)17/h1-4,7H,5-6H2,(H,16,18)(H,19,20). The van der Waals surface area contributed by atoms with E-state index in [1.807, 2.05) is 0 Å². The van der Waals surface area contributed by atoms with Crippen molar-refractivity contribution in [2.75, 3.05) is 23.3 Å². The Morgan fingerprint density at radius 2 is 2.05 bits per heavy atom. The third-order valence-electron chi connectivity index (χ3n) is 2.95. The van der Waals surface area contributed by atoms with Gasteiger partial charge < -0.3 is 15.3 Å². The highest BCUT2D eigenvalue weighted by atomic mass is 19.4. The lowest BCUT2D eigenvalue weighted by molar-refractivity contribution is -0.191. The number of benzene rings is 1. The van der Waals surface area contributed by atoms with E-state index in [1.54, 1.807) is 18.2 Å². The largest absolute Gasteiger partial charge is 0.481 e. The molecule has 8 heteroatoms. The molecule has 1 aromatic rings. The van der Waals surface area contributed by atoms with Crippen molar-refractivity contribution in [3.63, 3.8) is 0 Å². The van der Waals surface area contributed by atoms with Crippen LogP contribution in [0, 0.1) is 5.92 Å². The second-order valence-corrected chi connectivity index (χ2v) is 4.38. The van der Waals surface area contributed by atoms with Gasteiger partial charge in [0.2, 0.25) is 5.91 Å². The summed E-state index contributed by atoms with van der Waals surface area (Å²) in [5, 5.41) is 11.2. The molecule has 1 aliphatic rings. The van der Waals surface area contributed by atoms with Gasteiger partial charge in [0, 0.05) is 6.54 Å². The monoisotopic (exact) mass is 288 g/mol. The molecule has 0 fully saturated rings. The average molecular weight is 288 g/mol. The van der Waals surface area contributed by atoms with Gasteiger partial charge in [-0.05, 0) is 12.1 Å². The molecule has 0 aliphatic carbocycles. The molecule has 1 atom stereocenters. The number of anilines is 2. The number of carbonyl (C=O) groups excluding carboxylic acids is 1. The second-order valence-electron chi connectivity index (χ2n) is 4.38. The number of para-hydroxylation sites is 2. The zero-order valence-electron chi connectivity index (χ0n) is 10.1. The lowest BCUT2D eigenvalue weighted by atomic mass is 10.1. The number of fused-ring (bicyclic) bond motifs is 1. The van der Waals surface area contributed by atoms with Crippen LogP contribution in [0.2, 0.25) is 0 Å². The fourth-order valence-electron chi connectivity index (χ4n) is 2.01. The van der Waals surface area contributed by atoms with Crippen LogP contribution < -0.4 is 10.2 Å². The van der Waals surface area contributed by atoms with Crippen LogP contribution in [0.3, 0.4) is 0 Å². The maximum absolute atomic E-state index is 12.7. The minimum Gasteiger partial charge on any atom is -0.481 e. The summed E-state index contributed by atoms with van der Waals surface area (Å²) in [5.74, 6) is -4.97. The Kier molecular flexibility index (Phi) is 3.56. The zero-order chi connectivity index (χ0) is 14.9. The Hall–Kier alpha value is -2.25. The van der Waals surface area contributed by atoms with Crippen molar-refractivity contribution in [1.29, 1.82) is 0 Å². The molecule has 0 bridgehead atoms. The van der Waals surface area contributed by atoms with Crippen molar-refractivity contribution < 1.29 is 27.9 Å². The van der Waals surface area contributed by atoms with Gasteiger partial charge in [0.05, 0.1) is 17.9 Å². The van der Waals surface area contributed by atoms with Gasteiger partial charge in [-0.25, -0.2) is 0 Å². The van der Waals surface area contributed by atoms with Gasteiger partial charge in [-0.15, -0.1) is 0 Å². The van der Waals surface area contributed by atoms with Crippen LogP contribution in [-0.2, 0) is 9.59 Å². The van der Waals surface area contributed by atoms with Crippen LogP contribution >= 0.6 is 0 Å². The molecule has 2 rings (SSSR count). The Morgan fingerprint density at radius 3 is 2.65 bits per heavy atom. The molecule has 0 saturated heterocycles. The Bertz CT molecular complexity index is 545. The Balaban J connectivity index is 2.29. The summed E-state index contributed by atoms with van der Waals surface area (Å²) in [5.41, 5.74) is 0.748. The van der Waals surface area contributed by atoms with E-state index < -0.39 is 30.5 Å². The summed E-state index contributed by atoms with van der Waals surface area (Å²) in [6.45, 7) is -1.11. The van der Waals surface area contributed by atoms with Crippen molar-refractivity contribution in [2.24, 2.45) is 5.92 Å². The van der Waals surface area contributed by atoms with E-state index in [9.17, 15) is 22.8 Å². The number of carboxylic acids is 1. The maximum Gasteiger partial charge on any atom is 0.403 e. The Labute approximate surface area is 112 Å². The van der Waals surface area contributed by atoms with Gasteiger partial charge >= 0.3 is 12.1 Å². The van der Waals surface area contributed by atoms with Gasteiger partial charge in [0.15, 0.2) is 5.92 Å². The number of nitrogens with zero attached hydrogens (tertiary/aromatic N) is 1. The molecule has 0 spiro atoms. The van der Waals surface area contributed by atoms with Crippen LogP contribution in [0.15, 0.2) is 24.3 Å². The molecule has 5 nitrogen and oxygen atoms in total. The van der Waals surface area contributed by atoms with Crippen molar-refractivity contribution in [2.45, 2.75) is 6.18 Å². The van der Waals surface area contributed by atoms with E-state index in [1.165, 1.54) is 6.07 Å². The lowest BCUT2D eigenvalue weighted by Gasteiger charge is -2.33. The number of amides is 1. The number of nitrogens with one attached hydrogen (secondary N) is 1. The maximum atomic E-state index is 12.7. The molecule has 0 aromatic heterocycles. The molecule has 0 radical (unpaired) electrons. The summed E-state index contributed by atoms with van der Waals surface area (Å²) in [6, 6.07) is 6.31. The third-order valence-corrected chi connectivity index (χ3v) is 2.95. The minimum atomic E-state index is -4.87. The molecule has 108 valence electrons. The van der Waals surface area contributed by atoms with Gasteiger partial charge in [0.1, 0.15) is 0 Å². The first-order valence-electron chi connectivity index (χ1n) is 5.72. The van der Waals surface area contributed by atoms with Gasteiger partial charge in [-0.3, -0.25) is 9.59 Å². The van der Waals surface area contributed by atoms with E-state index in [0.29, 0.717) is 11.4 Å². The van der Waals surface area contributed by atoms with Crippen LogP contribution in [0.25, 0.3) is 0 Å². The van der Waals surface area contributed by atoms with Crippen LogP contribution in [0.1, 0.15) is 0 Å². The topological polar surface area (TPSA) is 69.6 Å². The van der Waals surface area contributed by atoms with Crippen LogP contribution in [-0.4, -0.2) is 36.2 Å². The molecular weight excluding hydrogens is 277 g/mol. The molecule has 1 aliphatic heterocycles. The van der Waals surface area contributed by atoms with Crippen LogP contribution in [0.5, 0.6) is 0 Å². The lowest BCUT2D eigenvalue weighted by Crippen LogP contribution is -2.46. The first-order chi connectivity index (χ1) is 9.29. The number of aliphatic carboxylic acids is 1. The first-order valence-corrected chi connectivity index (χ1v) is 5.72. The summed E-state index contributed by atoms with van der Waals surface area (Å²) in [7, 11) is 0.